The lowest BCUT2D eigenvalue weighted by Gasteiger charge is -2.15. The number of ether oxygens (including phenoxy) is 1. The van der Waals surface area contributed by atoms with Crippen LogP contribution in [0.2, 0.25) is 0 Å². The summed E-state index contributed by atoms with van der Waals surface area (Å²) in [4.78, 5) is 12.5. The standard InChI is InChI=1S/C24H23NO4S/c26-24(29-19-21-12-6-2-7-13-21)25-22(18-20-10-4-1-5-11-20)16-17-30(27,28)23-14-8-3-9-15-23/h1-17,22H,18-19H2,(H,25,26)/b17-16+/t22-/m1/s1. The number of benzene rings is 3. The van der Waals surface area contributed by atoms with E-state index in [0.717, 1.165) is 16.5 Å². The van der Waals surface area contributed by atoms with Crippen LogP contribution in [-0.4, -0.2) is 20.6 Å². The van der Waals surface area contributed by atoms with Crippen LogP contribution in [0.5, 0.6) is 0 Å². The predicted molar refractivity (Wildman–Crippen MR) is 116 cm³/mol. The number of amides is 1. The Kier molecular flexibility index (Phi) is 7.40. The minimum Gasteiger partial charge on any atom is -0.445 e. The molecule has 0 saturated carbocycles. The molecule has 0 bridgehead atoms. The molecule has 0 radical (unpaired) electrons. The first-order chi connectivity index (χ1) is 14.5. The molecule has 0 saturated heterocycles. The Morgan fingerprint density at radius 1 is 0.833 bits per heavy atom. The van der Waals surface area contributed by atoms with Crippen molar-refractivity contribution in [3.8, 4) is 0 Å². The lowest BCUT2D eigenvalue weighted by atomic mass is 10.1. The molecule has 1 N–H and O–H groups in total. The first kappa shape index (κ1) is 21.3. The van der Waals surface area contributed by atoms with Crippen molar-refractivity contribution in [2.45, 2.75) is 24.0 Å². The molecule has 1 atom stereocenters. The molecule has 1 amide bonds. The van der Waals surface area contributed by atoms with Gasteiger partial charge < -0.3 is 10.1 Å². The van der Waals surface area contributed by atoms with E-state index in [9.17, 15) is 13.2 Å². The van der Waals surface area contributed by atoms with Crippen molar-refractivity contribution in [3.63, 3.8) is 0 Å². The number of hydrogen-bond donors (Lipinski definition) is 1. The first-order valence-electron chi connectivity index (χ1n) is 9.52. The minimum atomic E-state index is -3.61. The van der Waals surface area contributed by atoms with Gasteiger partial charge in [0, 0.05) is 5.41 Å². The van der Waals surface area contributed by atoms with E-state index in [4.69, 9.17) is 4.74 Å². The molecule has 5 nitrogen and oxygen atoms in total. The molecule has 0 aliphatic heterocycles. The van der Waals surface area contributed by atoms with E-state index in [1.165, 1.54) is 18.2 Å². The van der Waals surface area contributed by atoms with Crippen molar-refractivity contribution in [3.05, 3.63) is 114 Å². The van der Waals surface area contributed by atoms with Crippen molar-refractivity contribution < 1.29 is 17.9 Å². The highest BCUT2D eigenvalue weighted by molar-refractivity contribution is 7.94. The number of rotatable bonds is 8. The number of nitrogens with one attached hydrogen (secondary N) is 1. The number of carbonyl (C=O) groups is 1. The Hall–Kier alpha value is -3.38. The van der Waals surface area contributed by atoms with Gasteiger partial charge in [-0.1, -0.05) is 84.9 Å². The summed E-state index contributed by atoms with van der Waals surface area (Å²) >= 11 is 0. The molecular weight excluding hydrogens is 398 g/mol. The molecule has 0 heterocycles. The number of carbonyl (C=O) groups excluding carboxylic acids is 1. The second kappa shape index (κ2) is 10.4. The van der Waals surface area contributed by atoms with Gasteiger partial charge >= 0.3 is 6.09 Å². The SMILES string of the molecule is O=C(N[C@H](/C=C/S(=O)(=O)c1ccccc1)Cc1ccccc1)OCc1ccccc1. The van der Waals surface area contributed by atoms with Crippen LogP contribution < -0.4 is 5.32 Å². The molecule has 0 aromatic heterocycles. The zero-order valence-corrected chi connectivity index (χ0v) is 17.2. The molecule has 0 aliphatic rings. The highest BCUT2D eigenvalue weighted by atomic mass is 32.2. The summed E-state index contributed by atoms with van der Waals surface area (Å²) in [5, 5.41) is 3.88. The molecule has 0 fully saturated rings. The fourth-order valence-electron chi connectivity index (χ4n) is 2.84. The van der Waals surface area contributed by atoms with Gasteiger partial charge in [0.15, 0.2) is 9.84 Å². The summed E-state index contributed by atoms with van der Waals surface area (Å²) in [5.74, 6) is 0. The van der Waals surface area contributed by atoms with E-state index in [1.807, 2.05) is 60.7 Å². The van der Waals surface area contributed by atoms with Crippen LogP contribution >= 0.6 is 0 Å². The summed E-state index contributed by atoms with van der Waals surface area (Å²) < 4.78 is 30.4. The fourth-order valence-corrected chi connectivity index (χ4v) is 3.93. The quantitative estimate of drug-likeness (QED) is 0.581. The second-order valence-electron chi connectivity index (χ2n) is 6.69. The Labute approximate surface area is 176 Å². The maximum Gasteiger partial charge on any atom is 0.407 e. The highest BCUT2D eigenvalue weighted by Gasteiger charge is 2.15. The van der Waals surface area contributed by atoms with E-state index in [2.05, 4.69) is 5.32 Å². The van der Waals surface area contributed by atoms with Gasteiger partial charge in [0.25, 0.3) is 0 Å². The highest BCUT2D eigenvalue weighted by Crippen LogP contribution is 2.13. The fraction of sp³-hybridized carbons (Fsp3) is 0.125. The normalized spacial score (nSPS) is 12.4. The van der Waals surface area contributed by atoms with Crippen LogP contribution in [0, 0.1) is 0 Å². The number of hydrogen-bond acceptors (Lipinski definition) is 4. The van der Waals surface area contributed by atoms with Crippen LogP contribution in [-0.2, 0) is 27.6 Å². The molecule has 3 rings (SSSR count). The summed E-state index contributed by atoms with van der Waals surface area (Å²) in [6.45, 7) is 0.136. The van der Waals surface area contributed by atoms with E-state index < -0.39 is 22.0 Å². The summed E-state index contributed by atoms with van der Waals surface area (Å²) in [6, 6.07) is 26.5. The molecule has 6 heteroatoms. The lowest BCUT2D eigenvalue weighted by Crippen LogP contribution is -2.35. The molecule has 3 aromatic rings. The van der Waals surface area contributed by atoms with Crippen molar-refractivity contribution in [2.75, 3.05) is 0 Å². The van der Waals surface area contributed by atoms with Crippen LogP contribution in [0.1, 0.15) is 11.1 Å². The van der Waals surface area contributed by atoms with Crippen LogP contribution in [0.4, 0.5) is 4.79 Å². The van der Waals surface area contributed by atoms with E-state index in [-0.39, 0.29) is 11.5 Å². The van der Waals surface area contributed by atoms with Crippen LogP contribution in [0.15, 0.2) is 107 Å². The van der Waals surface area contributed by atoms with Gasteiger partial charge in [0.1, 0.15) is 6.61 Å². The third-order valence-electron chi connectivity index (χ3n) is 4.38. The lowest BCUT2D eigenvalue weighted by molar-refractivity contribution is 0.137. The van der Waals surface area contributed by atoms with Gasteiger partial charge in [-0.3, -0.25) is 0 Å². The summed E-state index contributed by atoms with van der Waals surface area (Å²) in [6.07, 6.45) is 1.31. The van der Waals surface area contributed by atoms with Gasteiger partial charge in [0.05, 0.1) is 10.9 Å². The van der Waals surface area contributed by atoms with Crippen LogP contribution in [0.3, 0.4) is 0 Å². The minimum absolute atomic E-state index is 0.136. The van der Waals surface area contributed by atoms with Crippen molar-refractivity contribution in [1.29, 1.82) is 0 Å². The van der Waals surface area contributed by atoms with Crippen molar-refractivity contribution in [2.24, 2.45) is 0 Å². The van der Waals surface area contributed by atoms with Crippen molar-refractivity contribution >= 4 is 15.9 Å². The zero-order chi connectivity index (χ0) is 21.2. The topological polar surface area (TPSA) is 72.5 Å². The van der Waals surface area contributed by atoms with E-state index in [0.29, 0.717) is 6.42 Å². The van der Waals surface area contributed by atoms with Gasteiger partial charge in [-0.2, -0.15) is 0 Å². The Bertz CT molecular complexity index is 1070. The third-order valence-corrected chi connectivity index (χ3v) is 5.82. The average Bonchev–Trinajstić information content (AvgIpc) is 2.78. The van der Waals surface area contributed by atoms with Crippen molar-refractivity contribution in [1.82, 2.24) is 5.32 Å². The molecule has 0 unspecified atom stereocenters. The summed E-state index contributed by atoms with van der Waals surface area (Å²) in [5.41, 5.74) is 1.84. The van der Waals surface area contributed by atoms with Crippen LogP contribution in [0.25, 0.3) is 0 Å². The van der Waals surface area contributed by atoms with E-state index in [1.54, 1.807) is 18.2 Å². The molecule has 30 heavy (non-hydrogen) atoms. The number of sulfone groups is 1. The largest absolute Gasteiger partial charge is 0.445 e. The Balaban J connectivity index is 1.70. The number of alkyl carbamates (subject to hydrolysis) is 1. The molecular formula is C24H23NO4S. The maximum atomic E-state index is 12.6. The van der Waals surface area contributed by atoms with Gasteiger partial charge in [-0.25, -0.2) is 13.2 Å². The maximum absolute atomic E-state index is 12.6. The average molecular weight is 422 g/mol. The van der Waals surface area contributed by atoms with Gasteiger partial charge in [-0.15, -0.1) is 0 Å². The summed E-state index contributed by atoms with van der Waals surface area (Å²) in [7, 11) is -3.61. The van der Waals surface area contributed by atoms with E-state index >= 15 is 0 Å². The van der Waals surface area contributed by atoms with Gasteiger partial charge in [0.2, 0.25) is 0 Å². The monoisotopic (exact) mass is 421 g/mol. The zero-order valence-electron chi connectivity index (χ0n) is 16.3. The Morgan fingerprint density at radius 3 is 1.97 bits per heavy atom. The molecule has 0 aliphatic carbocycles. The third kappa shape index (κ3) is 6.60. The second-order valence-corrected chi connectivity index (χ2v) is 8.52. The smallest absolute Gasteiger partial charge is 0.407 e. The first-order valence-corrected chi connectivity index (χ1v) is 11.1. The molecule has 3 aromatic carbocycles. The predicted octanol–water partition coefficient (Wildman–Crippen LogP) is 4.51. The Morgan fingerprint density at radius 2 is 1.37 bits per heavy atom. The van der Waals surface area contributed by atoms with Gasteiger partial charge in [-0.05, 0) is 29.7 Å². The molecule has 0 spiro atoms. The molecule has 154 valence electrons.